The van der Waals surface area contributed by atoms with E-state index in [1.807, 2.05) is 54.3 Å². The zero-order valence-corrected chi connectivity index (χ0v) is 21.5. The van der Waals surface area contributed by atoms with Gasteiger partial charge in [0.2, 0.25) is 5.91 Å². The van der Waals surface area contributed by atoms with E-state index in [2.05, 4.69) is 6.07 Å². The van der Waals surface area contributed by atoms with E-state index in [0.717, 1.165) is 48.4 Å². The van der Waals surface area contributed by atoms with Crippen molar-refractivity contribution < 1.29 is 24.1 Å². The average molecular weight is 497 g/mol. The van der Waals surface area contributed by atoms with Crippen LogP contribution in [0.4, 0.5) is 0 Å². The lowest BCUT2D eigenvalue weighted by Crippen LogP contribution is -2.44. The van der Waals surface area contributed by atoms with Crippen molar-refractivity contribution in [3.8, 4) is 11.5 Å². The highest BCUT2D eigenvalue weighted by Crippen LogP contribution is 2.40. The van der Waals surface area contributed by atoms with Crippen LogP contribution >= 0.6 is 0 Å². The molecule has 7 nitrogen and oxygen atoms in total. The Hall–Kier alpha value is -2.45. The Kier molecular flexibility index (Phi) is 9.37. The summed E-state index contributed by atoms with van der Waals surface area (Å²) < 4.78 is 18.1. The van der Waals surface area contributed by atoms with Crippen LogP contribution in [0.25, 0.3) is 0 Å². The molecule has 4 rings (SSSR count). The molecule has 1 aliphatic carbocycles. The van der Waals surface area contributed by atoms with Gasteiger partial charge >= 0.3 is 0 Å². The van der Waals surface area contributed by atoms with Gasteiger partial charge in [0.25, 0.3) is 0 Å². The Labute approximate surface area is 214 Å². The molecular weight excluding hydrogens is 456 g/mol. The Balaban J connectivity index is 1.55. The smallest absolute Gasteiger partial charge is 0.225 e. The number of carbonyl (C=O) groups excluding carboxylic acids is 1. The van der Waals surface area contributed by atoms with E-state index in [1.165, 1.54) is 0 Å². The predicted molar refractivity (Wildman–Crippen MR) is 139 cm³/mol. The van der Waals surface area contributed by atoms with Gasteiger partial charge in [0, 0.05) is 56.9 Å². The fourth-order valence-electron chi connectivity index (χ4n) is 5.46. The third-order valence-corrected chi connectivity index (χ3v) is 7.45. The maximum Gasteiger partial charge on any atom is 0.225 e. The van der Waals surface area contributed by atoms with Crippen molar-refractivity contribution in [1.29, 1.82) is 0 Å². The van der Waals surface area contributed by atoms with Crippen molar-refractivity contribution in [3.63, 3.8) is 0 Å². The number of hydrogen-bond acceptors (Lipinski definition) is 6. The third-order valence-electron chi connectivity index (χ3n) is 7.45. The van der Waals surface area contributed by atoms with Crippen LogP contribution in [0.2, 0.25) is 0 Å². The van der Waals surface area contributed by atoms with Crippen LogP contribution in [-0.2, 0) is 14.3 Å². The number of para-hydroxylation sites is 2. The first-order valence-electron chi connectivity index (χ1n) is 13.1. The molecule has 2 aromatic rings. The number of aliphatic hydroxyl groups is 1. The number of piperidine rings is 1. The van der Waals surface area contributed by atoms with E-state index in [4.69, 9.17) is 19.9 Å². The van der Waals surface area contributed by atoms with Gasteiger partial charge in [0.1, 0.15) is 11.5 Å². The Morgan fingerprint density at radius 1 is 1.11 bits per heavy atom. The number of amides is 1. The quantitative estimate of drug-likeness (QED) is 0.479. The summed E-state index contributed by atoms with van der Waals surface area (Å²) in [5, 5.41) is 10.1. The molecule has 1 amide bonds. The van der Waals surface area contributed by atoms with Gasteiger partial charge in [-0.1, -0.05) is 36.4 Å². The number of aryl methyl sites for hydroxylation is 1. The summed E-state index contributed by atoms with van der Waals surface area (Å²) >= 11 is 0. The molecule has 1 aliphatic heterocycles. The summed E-state index contributed by atoms with van der Waals surface area (Å²) in [5.74, 6) is 1.63. The minimum absolute atomic E-state index is 0.106. The van der Waals surface area contributed by atoms with E-state index in [9.17, 15) is 9.90 Å². The molecule has 196 valence electrons. The first-order valence-corrected chi connectivity index (χ1v) is 13.1. The average Bonchev–Trinajstić information content (AvgIpc) is 3.23. The number of likely N-dealkylation sites (tertiary alicyclic amines) is 1. The molecule has 0 spiro atoms. The maximum atomic E-state index is 13.3. The number of nitrogens with zero attached hydrogens (tertiary/aromatic N) is 1. The fourth-order valence-corrected chi connectivity index (χ4v) is 5.46. The topological polar surface area (TPSA) is 94.2 Å². The van der Waals surface area contributed by atoms with Crippen LogP contribution in [0, 0.1) is 18.8 Å². The number of rotatable bonds is 10. The molecule has 0 aromatic heterocycles. The second kappa shape index (κ2) is 12.7. The van der Waals surface area contributed by atoms with E-state index in [-0.39, 0.29) is 29.9 Å². The molecule has 5 atom stereocenters. The van der Waals surface area contributed by atoms with Crippen LogP contribution in [0.1, 0.15) is 49.3 Å². The van der Waals surface area contributed by atoms with Crippen molar-refractivity contribution in [2.75, 3.05) is 33.4 Å². The Morgan fingerprint density at radius 3 is 2.58 bits per heavy atom. The first kappa shape index (κ1) is 26.6. The van der Waals surface area contributed by atoms with Gasteiger partial charge in [-0.2, -0.15) is 0 Å². The fraction of sp³-hybridized carbons (Fsp3) is 0.552. The summed E-state index contributed by atoms with van der Waals surface area (Å²) in [6, 6.07) is 15.7. The van der Waals surface area contributed by atoms with E-state index in [1.54, 1.807) is 7.11 Å². The molecule has 0 radical (unpaired) electrons. The lowest BCUT2D eigenvalue weighted by molar-refractivity contribution is -0.139. The van der Waals surface area contributed by atoms with E-state index < -0.39 is 6.10 Å². The number of carbonyl (C=O) groups is 1. The Bertz CT molecular complexity index is 989. The van der Waals surface area contributed by atoms with Crippen molar-refractivity contribution >= 4 is 5.91 Å². The number of hydrogen-bond donors (Lipinski definition) is 2. The molecule has 1 saturated carbocycles. The van der Waals surface area contributed by atoms with Gasteiger partial charge in [0.05, 0.1) is 12.2 Å². The maximum absolute atomic E-state index is 13.3. The third kappa shape index (κ3) is 6.45. The molecule has 1 unspecified atom stereocenters. The zero-order valence-electron chi connectivity index (χ0n) is 21.5. The molecule has 0 bridgehead atoms. The summed E-state index contributed by atoms with van der Waals surface area (Å²) in [7, 11) is 1.69. The molecule has 1 heterocycles. The standard InChI is InChI=1S/C29H40N2O5/c1-20-9-3-5-12-26(20)36-27-13-6-4-11-23(27)28(35-16-8-15-34-2)21-10-7-14-31(19-21)29(33)22-17-24(30)25(32)18-22/h3-6,9,11-13,21-22,24-25,28,32H,7-8,10,14-19,30H2,1-2H3/t21-,22+,24-,25+,28?/m1/s1. The highest BCUT2D eigenvalue weighted by atomic mass is 16.5. The lowest BCUT2D eigenvalue weighted by atomic mass is 9.87. The van der Waals surface area contributed by atoms with Crippen molar-refractivity contribution in [3.05, 3.63) is 59.7 Å². The van der Waals surface area contributed by atoms with Gasteiger partial charge in [-0.25, -0.2) is 0 Å². The normalized spacial score (nSPS) is 25.1. The highest BCUT2D eigenvalue weighted by Gasteiger charge is 2.39. The van der Waals surface area contributed by atoms with Crippen LogP contribution in [0.3, 0.4) is 0 Å². The van der Waals surface area contributed by atoms with Crippen LogP contribution in [0.5, 0.6) is 11.5 Å². The molecule has 3 N–H and O–H groups in total. The summed E-state index contributed by atoms with van der Waals surface area (Å²) in [6.07, 6.45) is 2.86. The molecule has 2 aliphatic rings. The SMILES string of the molecule is COCCCOC(c1ccccc1Oc1ccccc1C)[C@@H]1CCCN(C(=O)[C@H]2C[C@@H](N)[C@@H](O)C2)C1. The Morgan fingerprint density at radius 2 is 1.86 bits per heavy atom. The molecule has 2 fully saturated rings. The zero-order chi connectivity index (χ0) is 25.5. The minimum atomic E-state index is -0.595. The number of aliphatic hydroxyl groups excluding tert-OH is 1. The highest BCUT2D eigenvalue weighted by molar-refractivity contribution is 5.79. The van der Waals surface area contributed by atoms with Crippen LogP contribution < -0.4 is 10.5 Å². The molecule has 7 heteroatoms. The van der Waals surface area contributed by atoms with Crippen LogP contribution in [0.15, 0.2) is 48.5 Å². The van der Waals surface area contributed by atoms with E-state index in [0.29, 0.717) is 32.6 Å². The summed E-state index contributed by atoms with van der Waals surface area (Å²) in [6.45, 7) is 4.58. The molecule has 36 heavy (non-hydrogen) atoms. The number of nitrogens with two attached hydrogens (primary N) is 1. The van der Waals surface area contributed by atoms with Gasteiger partial charge in [0.15, 0.2) is 0 Å². The number of methoxy groups -OCH3 is 1. The molecule has 1 saturated heterocycles. The van der Waals surface area contributed by atoms with Crippen LogP contribution in [-0.4, -0.2) is 61.5 Å². The minimum Gasteiger partial charge on any atom is -0.457 e. The van der Waals surface area contributed by atoms with Crippen molar-refractivity contribution in [2.24, 2.45) is 17.6 Å². The van der Waals surface area contributed by atoms with E-state index >= 15 is 0 Å². The van der Waals surface area contributed by atoms with Gasteiger partial charge in [-0.3, -0.25) is 4.79 Å². The monoisotopic (exact) mass is 496 g/mol. The first-order chi connectivity index (χ1) is 17.5. The molecule has 2 aromatic carbocycles. The molecular formula is C29H40N2O5. The van der Waals surface area contributed by atoms with Gasteiger partial charge in [-0.05, 0) is 56.7 Å². The predicted octanol–water partition coefficient (Wildman–Crippen LogP) is 4.22. The van der Waals surface area contributed by atoms with Crippen molar-refractivity contribution in [2.45, 2.75) is 57.3 Å². The van der Waals surface area contributed by atoms with Gasteiger partial charge < -0.3 is 30.0 Å². The largest absolute Gasteiger partial charge is 0.457 e. The summed E-state index contributed by atoms with van der Waals surface area (Å²) in [4.78, 5) is 15.3. The van der Waals surface area contributed by atoms with Gasteiger partial charge in [-0.15, -0.1) is 0 Å². The number of ether oxygens (including phenoxy) is 3. The second-order valence-electron chi connectivity index (χ2n) is 10.1. The lowest BCUT2D eigenvalue weighted by Gasteiger charge is -2.38. The second-order valence-corrected chi connectivity index (χ2v) is 10.1. The summed E-state index contributed by atoms with van der Waals surface area (Å²) in [5.41, 5.74) is 8.05. The van der Waals surface area contributed by atoms with Crippen molar-refractivity contribution in [1.82, 2.24) is 4.90 Å². The number of benzene rings is 2.